The van der Waals surface area contributed by atoms with Crippen molar-refractivity contribution in [3.63, 3.8) is 0 Å². The molecule has 0 aliphatic carbocycles. The summed E-state index contributed by atoms with van der Waals surface area (Å²) in [7, 11) is 3.09. The third-order valence-corrected chi connectivity index (χ3v) is 55.4. The molecule has 0 fully saturated rings. The summed E-state index contributed by atoms with van der Waals surface area (Å²) in [6.07, 6.45) is 9.36. The quantitative estimate of drug-likeness (QED) is 0.136. The van der Waals surface area contributed by atoms with Crippen LogP contribution in [0.4, 0.5) is 0 Å². The van der Waals surface area contributed by atoms with Gasteiger partial charge in [-0.15, -0.1) is 0 Å². The Morgan fingerprint density at radius 3 is 1.12 bits per heavy atom. The van der Waals surface area contributed by atoms with Crippen LogP contribution in [0.3, 0.4) is 0 Å². The molecular formula is C18H36N2OS2Sn2. The van der Waals surface area contributed by atoms with Gasteiger partial charge in [-0.25, -0.2) is 0 Å². The molecule has 0 aliphatic heterocycles. The molecule has 0 saturated carbocycles. The average molecular weight is 598 g/mol. The van der Waals surface area contributed by atoms with Gasteiger partial charge < -0.3 is 0 Å². The molecule has 0 heterocycles. The van der Waals surface area contributed by atoms with Crippen molar-refractivity contribution in [1.82, 2.24) is 0 Å². The average Bonchev–Trinajstić information content (AvgIpc) is 2.61. The van der Waals surface area contributed by atoms with Gasteiger partial charge in [0, 0.05) is 0 Å². The second-order valence-corrected chi connectivity index (χ2v) is 41.6. The maximum atomic E-state index is 9.52. The summed E-state index contributed by atoms with van der Waals surface area (Å²) < 4.78 is 11.8. The molecule has 0 amide bonds. The minimum atomic E-state index is -3.03. The predicted octanol–water partition coefficient (Wildman–Crippen LogP) is 7.52. The van der Waals surface area contributed by atoms with Gasteiger partial charge in [0.25, 0.3) is 0 Å². The molecule has 7 heteroatoms. The van der Waals surface area contributed by atoms with Crippen LogP contribution in [0.2, 0.25) is 17.7 Å². The maximum absolute atomic E-state index is 9.52. The molecule has 0 saturated heterocycles. The summed E-state index contributed by atoms with van der Waals surface area (Å²) in [5.74, 6) is 0. The fraction of sp³-hybridized carbons (Fsp3) is 0.889. The van der Waals surface area contributed by atoms with Crippen LogP contribution in [0, 0.1) is 21.3 Å². The fourth-order valence-corrected chi connectivity index (χ4v) is 71.8. The van der Waals surface area contributed by atoms with E-state index in [-0.39, 0.29) is 0 Å². The Hall–Kier alpha value is 1.24. The van der Waals surface area contributed by atoms with E-state index >= 15 is 0 Å². The minimum absolute atomic E-state index is 1.15. The molecule has 25 heavy (non-hydrogen) atoms. The number of nitriles is 2. The number of unbranched alkanes of at least 4 members (excludes halogenated alkanes) is 4. The summed E-state index contributed by atoms with van der Waals surface area (Å²) in [6.45, 7) is 8.90. The van der Waals surface area contributed by atoms with Crippen LogP contribution in [0.5, 0.6) is 0 Å². The summed E-state index contributed by atoms with van der Waals surface area (Å²) in [6, 6.07) is 0. The van der Waals surface area contributed by atoms with Crippen LogP contribution < -0.4 is 0 Å². The number of hydrogen-bond donors (Lipinski definition) is 0. The Labute approximate surface area is 170 Å². The first-order valence-electron chi connectivity index (χ1n) is 9.91. The molecule has 0 rings (SSSR count). The van der Waals surface area contributed by atoms with E-state index in [0.29, 0.717) is 0 Å². The van der Waals surface area contributed by atoms with Gasteiger partial charge in [0.15, 0.2) is 0 Å². The van der Waals surface area contributed by atoms with Crippen molar-refractivity contribution in [3.05, 3.63) is 0 Å². The standard InChI is InChI=1S/4C4H9.2CHNS.O.2Sn/c4*1-3-4-2;2*2-1-3;;;/h4*1,3-4H2,2H3;2*3H;;;/q;;;;;;;2*+1/p-2. The van der Waals surface area contributed by atoms with E-state index < -0.39 is 34.8 Å². The van der Waals surface area contributed by atoms with Crippen LogP contribution in [0.25, 0.3) is 0 Å². The van der Waals surface area contributed by atoms with Crippen molar-refractivity contribution in [2.24, 2.45) is 0 Å². The summed E-state index contributed by atoms with van der Waals surface area (Å²) in [5, 5.41) is 23.9. The summed E-state index contributed by atoms with van der Waals surface area (Å²) >= 11 is -6.05. The summed E-state index contributed by atoms with van der Waals surface area (Å²) in [5.41, 5.74) is 0. The van der Waals surface area contributed by atoms with Crippen molar-refractivity contribution in [2.75, 3.05) is 0 Å². The Kier molecular flexibility index (Phi) is 17.0. The fourth-order valence-electron chi connectivity index (χ4n) is 2.99. The third-order valence-electron chi connectivity index (χ3n) is 4.48. The first-order valence-corrected chi connectivity index (χ1v) is 28.9. The van der Waals surface area contributed by atoms with Gasteiger partial charge in [-0.2, -0.15) is 0 Å². The molecule has 0 spiro atoms. The van der Waals surface area contributed by atoms with Crippen molar-refractivity contribution >= 4 is 52.7 Å². The molecular weight excluding hydrogens is 562 g/mol. The van der Waals surface area contributed by atoms with E-state index in [1.165, 1.54) is 25.7 Å². The van der Waals surface area contributed by atoms with Crippen molar-refractivity contribution in [1.29, 1.82) is 10.5 Å². The molecule has 0 unspecified atom stereocenters. The van der Waals surface area contributed by atoms with E-state index in [0.717, 1.165) is 43.4 Å². The van der Waals surface area contributed by atoms with Crippen molar-refractivity contribution in [2.45, 2.75) is 96.8 Å². The third kappa shape index (κ3) is 11.0. The van der Waals surface area contributed by atoms with E-state index in [9.17, 15) is 10.5 Å². The van der Waals surface area contributed by atoms with Gasteiger partial charge >= 0.3 is 172 Å². The molecule has 0 aromatic heterocycles. The van der Waals surface area contributed by atoms with E-state index in [1.807, 2.05) is 0 Å². The van der Waals surface area contributed by atoms with E-state index in [4.69, 9.17) is 1.41 Å². The van der Waals surface area contributed by atoms with Crippen LogP contribution in [-0.4, -0.2) is 34.8 Å². The van der Waals surface area contributed by atoms with E-state index in [1.54, 1.807) is 17.9 Å². The topological polar surface area (TPSA) is 56.8 Å². The molecule has 0 N–H and O–H groups in total. The van der Waals surface area contributed by atoms with Crippen LogP contribution >= 0.6 is 17.9 Å². The predicted molar refractivity (Wildman–Crippen MR) is 118 cm³/mol. The Bertz CT molecular complexity index is 370. The number of nitrogens with zero attached hydrogens (tertiary/aromatic N) is 2. The molecule has 0 aromatic rings. The Morgan fingerprint density at radius 2 is 0.920 bits per heavy atom. The second-order valence-electron chi connectivity index (χ2n) is 6.72. The zero-order chi connectivity index (χ0) is 19.0. The van der Waals surface area contributed by atoms with Crippen molar-refractivity contribution in [3.8, 4) is 10.8 Å². The zero-order valence-electron chi connectivity index (χ0n) is 16.6. The first-order chi connectivity index (χ1) is 12.1. The molecule has 144 valence electrons. The van der Waals surface area contributed by atoms with Gasteiger partial charge in [-0.05, 0) is 0 Å². The van der Waals surface area contributed by atoms with Gasteiger partial charge in [0.1, 0.15) is 0 Å². The molecule has 0 aliphatic rings. The molecule has 0 radical (unpaired) electrons. The van der Waals surface area contributed by atoms with Crippen molar-refractivity contribution < 1.29 is 1.41 Å². The van der Waals surface area contributed by atoms with Crippen LogP contribution in [0.1, 0.15) is 79.1 Å². The second kappa shape index (κ2) is 16.2. The first kappa shape index (κ1) is 26.2. The Balaban J connectivity index is 5.61. The number of hydrogen-bond acceptors (Lipinski definition) is 5. The number of rotatable bonds is 16. The monoisotopic (exact) mass is 600 g/mol. The normalized spacial score (nSPS) is 11.9. The molecule has 0 bridgehead atoms. The van der Waals surface area contributed by atoms with Crippen LogP contribution in [-0.2, 0) is 1.41 Å². The summed E-state index contributed by atoms with van der Waals surface area (Å²) in [4.78, 5) is 0. The van der Waals surface area contributed by atoms with Gasteiger partial charge in [0.05, 0.1) is 0 Å². The Morgan fingerprint density at radius 1 is 0.640 bits per heavy atom. The molecule has 0 aromatic carbocycles. The van der Waals surface area contributed by atoms with Gasteiger partial charge in [-0.1, -0.05) is 0 Å². The molecule has 0 atom stereocenters. The van der Waals surface area contributed by atoms with Gasteiger partial charge in [0.2, 0.25) is 0 Å². The van der Waals surface area contributed by atoms with Crippen LogP contribution in [0.15, 0.2) is 0 Å². The number of thiocyanates is 2. The SMILES string of the molecule is CCC[CH2][Sn]([CH2]CCC)([O][Sn]([CH2]CCC)([CH2]CCC)[S]C#N)[S]C#N. The zero-order valence-corrected chi connectivity index (χ0v) is 23.9. The van der Waals surface area contributed by atoms with Gasteiger partial charge in [-0.3, -0.25) is 0 Å². The molecule has 3 nitrogen and oxygen atoms in total. The van der Waals surface area contributed by atoms with E-state index in [2.05, 4.69) is 38.5 Å².